The van der Waals surface area contributed by atoms with E-state index in [1.54, 1.807) is 36.4 Å². The van der Waals surface area contributed by atoms with Crippen molar-refractivity contribution >= 4 is 11.6 Å². The second kappa shape index (κ2) is 7.36. The van der Waals surface area contributed by atoms with E-state index in [2.05, 4.69) is 5.32 Å². The number of carbonyl (C=O) groups is 1. The van der Waals surface area contributed by atoms with E-state index in [0.29, 0.717) is 36.0 Å². The Labute approximate surface area is 129 Å². The van der Waals surface area contributed by atoms with Gasteiger partial charge in [0.25, 0.3) is 5.91 Å². The lowest BCUT2D eigenvalue weighted by Crippen LogP contribution is -2.14. The molecule has 2 rings (SSSR count). The highest BCUT2D eigenvalue weighted by molar-refractivity contribution is 6.07. The Morgan fingerprint density at radius 1 is 1.09 bits per heavy atom. The van der Waals surface area contributed by atoms with Crippen molar-refractivity contribution in [3.05, 3.63) is 48.0 Å². The van der Waals surface area contributed by atoms with Gasteiger partial charge in [0.2, 0.25) is 0 Å². The first-order valence-corrected chi connectivity index (χ1v) is 7.14. The molecule has 0 saturated heterocycles. The predicted octanol–water partition coefficient (Wildman–Crippen LogP) is 3.44. The fourth-order valence-corrected chi connectivity index (χ4v) is 1.99. The number of anilines is 1. The van der Waals surface area contributed by atoms with Gasteiger partial charge in [0, 0.05) is 6.07 Å². The molecule has 0 fully saturated rings. The van der Waals surface area contributed by atoms with Gasteiger partial charge in [-0.15, -0.1) is 0 Å². The van der Waals surface area contributed by atoms with Crippen molar-refractivity contribution in [2.45, 2.75) is 13.8 Å². The van der Waals surface area contributed by atoms with Gasteiger partial charge in [-0.1, -0.05) is 12.1 Å². The molecule has 0 aliphatic heterocycles. The highest BCUT2D eigenvalue weighted by Gasteiger charge is 2.15. The van der Waals surface area contributed by atoms with Crippen molar-refractivity contribution in [3.63, 3.8) is 0 Å². The summed E-state index contributed by atoms with van der Waals surface area (Å²) < 4.78 is 10.9. The molecular formula is C17H19NO4. The summed E-state index contributed by atoms with van der Waals surface area (Å²) in [4.78, 5) is 12.4. The minimum absolute atomic E-state index is 0.0137. The monoisotopic (exact) mass is 301 g/mol. The smallest absolute Gasteiger partial charge is 0.259 e. The van der Waals surface area contributed by atoms with Gasteiger partial charge >= 0.3 is 0 Å². The molecule has 2 aromatic carbocycles. The topological polar surface area (TPSA) is 67.8 Å². The van der Waals surface area contributed by atoms with Crippen LogP contribution in [0, 0.1) is 0 Å². The van der Waals surface area contributed by atoms with Crippen molar-refractivity contribution in [1.82, 2.24) is 0 Å². The Morgan fingerprint density at radius 2 is 1.82 bits per heavy atom. The summed E-state index contributed by atoms with van der Waals surface area (Å²) in [5.74, 6) is 0.749. The number of phenols is 1. The molecule has 2 N–H and O–H groups in total. The van der Waals surface area contributed by atoms with E-state index in [4.69, 9.17) is 9.47 Å². The fraction of sp³-hybridized carbons (Fsp3) is 0.235. The Kier molecular flexibility index (Phi) is 5.25. The molecule has 0 radical (unpaired) electrons. The number of nitrogens with one attached hydrogen (secondary N) is 1. The Balaban J connectivity index is 2.26. The molecule has 0 saturated carbocycles. The van der Waals surface area contributed by atoms with Crippen LogP contribution in [-0.4, -0.2) is 24.2 Å². The van der Waals surface area contributed by atoms with Crippen LogP contribution >= 0.6 is 0 Å². The minimum Gasteiger partial charge on any atom is -0.506 e. The third kappa shape index (κ3) is 3.69. The zero-order valence-electron chi connectivity index (χ0n) is 12.6. The lowest BCUT2D eigenvalue weighted by molar-refractivity contribution is 0.102. The number of phenolic OH excluding ortho intramolecular Hbond substituents is 1. The van der Waals surface area contributed by atoms with Gasteiger partial charge in [-0.2, -0.15) is 0 Å². The van der Waals surface area contributed by atoms with Gasteiger partial charge in [-0.3, -0.25) is 4.79 Å². The van der Waals surface area contributed by atoms with Crippen LogP contribution in [0.4, 0.5) is 5.69 Å². The SMILES string of the molecule is CCOc1ccc(C(=O)Nc2ccccc2O)c(OCC)c1. The molecule has 22 heavy (non-hydrogen) atoms. The molecule has 5 heteroatoms. The van der Waals surface area contributed by atoms with E-state index in [9.17, 15) is 9.90 Å². The van der Waals surface area contributed by atoms with E-state index in [1.807, 2.05) is 13.8 Å². The summed E-state index contributed by atoms with van der Waals surface area (Å²) in [6, 6.07) is 11.6. The van der Waals surface area contributed by atoms with Crippen molar-refractivity contribution in [2.75, 3.05) is 18.5 Å². The third-order valence-corrected chi connectivity index (χ3v) is 2.96. The van der Waals surface area contributed by atoms with Gasteiger partial charge in [0.1, 0.15) is 17.2 Å². The maximum Gasteiger partial charge on any atom is 0.259 e. The zero-order chi connectivity index (χ0) is 15.9. The molecule has 0 atom stereocenters. The van der Waals surface area contributed by atoms with Crippen LogP contribution in [0.1, 0.15) is 24.2 Å². The van der Waals surface area contributed by atoms with Crippen LogP contribution in [0.25, 0.3) is 0 Å². The van der Waals surface area contributed by atoms with Crippen LogP contribution in [0.3, 0.4) is 0 Å². The van der Waals surface area contributed by atoms with Crippen LogP contribution in [0.15, 0.2) is 42.5 Å². The molecule has 0 bridgehead atoms. The molecule has 0 aliphatic rings. The van der Waals surface area contributed by atoms with E-state index < -0.39 is 0 Å². The third-order valence-electron chi connectivity index (χ3n) is 2.96. The standard InChI is InChI=1S/C17H19NO4/c1-3-21-12-9-10-13(16(11-12)22-4-2)17(20)18-14-7-5-6-8-15(14)19/h5-11,19H,3-4H2,1-2H3,(H,18,20). The number of amides is 1. The molecule has 0 aromatic heterocycles. The normalized spacial score (nSPS) is 10.1. The summed E-state index contributed by atoms with van der Waals surface area (Å²) in [6.07, 6.45) is 0. The molecule has 5 nitrogen and oxygen atoms in total. The van der Waals surface area contributed by atoms with Crippen LogP contribution in [0.2, 0.25) is 0 Å². The van der Waals surface area contributed by atoms with Crippen LogP contribution in [-0.2, 0) is 0 Å². The summed E-state index contributed by atoms with van der Waals surface area (Å²) >= 11 is 0. The molecule has 1 amide bonds. The number of carbonyl (C=O) groups excluding carboxylic acids is 1. The van der Waals surface area contributed by atoms with Crippen molar-refractivity contribution < 1.29 is 19.4 Å². The average molecular weight is 301 g/mol. The molecule has 0 unspecified atom stereocenters. The fourth-order valence-electron chi connectivity index (χ4n) is 1.99. The molecular weight excluding hydrogens is 282 g/mol. The highest BCUT2D eigenvalue weighted by Crippen LogP contribution is 2.28. The summed E-state index contributed by atoms with van der Waals surface area (Å²) in [7, 11) is 0. The van der Waals surface area contributed by atoms with E-state index in [0.717, 1.165) is 0 Å². The molecule has 0 heterocycles. The summed E-state index contributed by atoms with van der Waals surface area (Å²) in [6.45, 7) is 4.71. The first kappa shape index (κ1) is 15.7. The number of para-hydroxylation sites is 2. The lowest BCUT2D eigenvalue weighted by Gasteiger charge is -2.13. The Hall–Kier alpha value is -2.69. The van der Waals surface area contributed by atoms with Crippen LogP contribution in [0.5, 0.6) is 17.2 Å². The lowest BCUT2D eigenvalue weighted by atomic mass is 10.1. The maximum absolute atomic E-state index is 12.4. The van der Waals surface area contributed by atoms with E-state index >= 15 is 0 Å². The number of aromatic hydroxyl groups is 1. The second-order valence-corrected chi connectivity index (χ2v) is 4.50. The predicted molar refractivity (Wildman–Crippen MR) is 84.8 cm³/mol. The average Bonchev–Trinajstić information content (AvgIpc) is 2.50. The van der Waals surface area contributed by atoms with Gasteiger partial charge in [-0.05, 0) is 38.1 Å². The molecule has 116 valence electrons. The highest BCUT2D eigenvalue weighted by atomic mass is 16.5. The van der Waals surface area contributed by atoms with Gasteiger partial charge in [-0.25, -0.2) is 0 Å². The molecule has 0 aliphatic carbocycles. The molecule has 0 spiro atoms. The van der Waals surface area contributed by atoms with Crippen molar-refractivity contribution in [3.8, 4) is 17.2 Å². The van der Waals surface area contributed by atoms with E-state index in [-0.39, 0.29) is 11.7 Å². The summed E-state index contributed by atoms with van der Waals surface area (Å²) in [5, 5.41) is 12.4. The summed E-state index contributed by atoms with van der Waals surface area (Å²) in [5.41, 5.74) is 0.734. The second-order valence-electron chi connectivity index (χ2n) is 4.50. The number of ether oxygens (including phenoxy) is 2. The quantitative estimate of drug-likeness (QED) is 0.802. The van der Waals surface area contributed by atoms with Crippen molar-refractivity contribution in [1.29, 1.82) is 0 Å². The first-order valence-electron chi connectivity index (χ1n) is 7.14. The van der Waals surface area contributed by atoms with Gasteiger partial charge in [0.15, 0.2) is 0 Å². The number of rotatable bonds is 6. The maximum atomic E-state index is 12.4. The van der Waals surface area contributed by atoms with Gasteiger partial charge < -0.3 is 19.9 Å². The van der Waals surface area contributed by atoms with Gasteiger partial charge in [0.05, 0.1) is 24.5 Å². The number of benzene rings is 2. The van der Waals surface area contributed by atoms with Crippen molar-refractivity contribution in [2.24, 2.45) is 0 Å². The zero-order valence-corrected chi connectivity index (χ0v) is 12.6. The number of hydrogen-bond acceptors (Lipinski definition) is 4. The van der Waals surface area contributed by atoms with E-state index in [1.165, 1.54) is 6.07 Å². The molecule has 2 aromatic rings. The Bertz CT molecular complexity index is 655. The first-order chi connectivity index (χ1) is 10.7. The largest absolute Gasteiger partial charge is 0.506 e. The van der Waals surface area contributed by atoms with Crippen LogP contribution < -0.4 is 14.8 Å². The number of hydrogen-bond donors (Lipinski definition) is 2. The Morgan fingerprint density at radius 3 is 2.50 bits per heavy atom. The minimum atomic E-state index is -0.354.